The van der Waals surface area contributed by atoms with E-state index >= 15 is 0 Å². The average Bonchev–Trinajstić information content (AvgIpc) is 2.93. The summed E-state index contributed by atoms with van der Waals surface area (Å²) in [7, 11) is 0. The van der Waals surface area contributed by atoms with Crippen molar-refractivity contribution in [2.45, 2.75) is 38.8 Å². The van der Waals surface area contributed by atoms with Crippen molar-refractivity contribution in [3.05, 3.63) is 42.2 Å². The van der Waals surface area contributed by atoms with Crippen LogP contribution >= 0.6 is 0 Å². The number of allylic oxidation sites excluding steroid dienone is 2. The van der Waals surface area contributed by atoms with E-state index in [2.05, 4.69) is 5.32 Å². The molecule has 1 aromatic rings. The standard InChI is InChI=1S/C20H21FN2O5/c1-11(23-18(25)15-5-3-4-6-16(15)19(23)26)20(27)28-12(2)17(24)22-14-9-7-13(21)8-10-14/h3-4,7-12,15-16H,5-6H2,1-2H3,(H,22,24)/t11-,12+,15-,16-/m0/s1. The number of anilines is 1. The molecule has 0 saturated carbocycles. The van der Waals surface area contributed by atoms with Crippen molar-refractivity contribution < 1.29 is 28.3 Å². The number of carbonyl (C=O) groups is 4. The molecule has 1 aromatic carbocycles. The first kappa shape index (κ1) is 19.7. The fourth-order valence-electron chi connectivity index (χ4n) is 3.42. The Kier molecular flexibility index (Phi) is 5.58. The molecule has 0 radical (unpaired) electrons. The van der Waals surface area contributed by atoms with Crippen LogP contribution in [0.2, 0.25) is 0 Å². The molecule has 0 aromatic heterocycles. The van der Waals surface area contributed by atoms with Crippen molar-refractivity contribution in [1.82, 2.24) is 4.90 Å². The van der Waals surface area contributed by atoms with Gasteiger partial charge in [-0.15, -0.1) is 0 Å². The fourth-order valence-corrected chi connectivity index (χ4v) is 3.42. The van der Waals surface area contributed by atoms with E-state index in [1.165, 1.54) is 38.1 Å². The molecule has 0 unspecified atom stereocenters. The van der Waals surface area contributed by atoms with Gasteiger partial charge < -0.3 is 10.1 Å². The van der Waals surface area contributed by atoms with E-state index in [0.29, 0.717) is 18.5 Å². The summed E-state index contributed by atoms with van der Waals surface area (Å²) >= 11 is 0. The Balaban J connectivity index is 1.60. The highest BCUT2D eigenvalue weighted by atomic mass is 19.1. The number of carbonyl (C=O) groups excluding carboxylic acids is 4. The van der Waals surface area contributed by atoms with E-state index in [9.17, 15) is 23.6 Å². The Morgan fingerprint density at radius 2 is 1.61 bits per heavy atom. The number of halogens is 1. The van der Waals surface area contributed by atoms with Crippen LogP contribution in [0.25, 0.3) is 0 Å². The molecule has 1 heterocycles. The first-order valence-corrected chi connectivity index (χ1v) is 9.08. The number of fused-ring (bicyclic) bond motifs is 1. The highest BCUT2D eigenvalue weighted by molar-refractivity contribution is 6.08. The van der Waals surface area contributed by atoms with E-state index in [4.69, 9.17) is 4.74 Å². The quantitative estimate of drug-likeness (QED) is 0.473. The lowest BCUT2D eigenvalue weighted by Crippen LogP contribution is -2.46. The molecular formula is C20H21FN2O5. The molecule has 0 spiro atoms. The molecule has 8 heteroatoms. The molecule has 4 atom stereocenters. The van der Waals surface area contributed by atoms with Crippen molar-refractivity contribution in [3.63, 3.8) is 0 Å². The minimum absolute atomic E-state index is 0.351. The number of nitrogens with one attached hydrogen (secondary N) is 1. The van der Waals surface area contributed by atoms with Gasteiger partial charge in [0.2, 0.25) is 11.8 Å². The average molecular weight is 388 g/mol. The van der Waals surface area contributed by atoms with Crippen LogP contribution in [0.5, 0.6) is 0 Å². The summed E-state index contributed by atoms with van der Waals surface area (Å²) in [6, 6.07) is 4.01. The molecule has 1 aliphatic heterocycles. The molecular weight excluding hydrogens is 367 g/mol. The number of ether oxygens (including phenoxy) is 1. The van der Waals surface area contributed by atoms with Gasteiger partial charge in [-0.25, -0.2) is 9.18 Å². The maximum atomic E-state index is 12.9. The maximum Gasteiger partial charge on any atom is 0.329 e. The van der Waals surface area contributed by atoms with E-state index in [0.717, 1.165) is 4.90 Å². The van der Waals surface area contributed by atoms with E-state index in [1.54, 1.807) is 0 Å². The minimum Gasteiger partial charge on any atom is -0.451 e. The molecule has 3 rings (SSSR count). The summed E-state index contributed by atoms with van der Waals surface area (Å²) in [5.41, 5.74) is 0.351. The molecule has 1 aliphatic carbocycles. The van der Waals surface area contributed by atoms with Gasteiger partial charge >= 0.3 is 5.97 Å². The fraction of sp³-hybridized carbons (Fsp3) is 0.400. The molecule has 2 aliphatic rings. The van der Waals surface area contributed by atoms with Gasteiger partial charge in [0.15, 0.2) is 6.10 Å². The Bertz CT molecular complexity index is 810. The van der Waals surface area contributed by atoms with Crippen LogP contribution in [0.1, 0.15) is 26.7 Å². The second-order valence-corrected chi connectivity index (χ2v) is 6.95. The lowest BCUT2D eigenvalue weighted by molar-refractivity contribution is -0.163. The topological polar surface area (TPSA) is 92.8 Å². The molecule has 3 amide bonds. The zero-order chi connectivity index (χ0) is 20.4. The Hall–Kier alpha value is -3.03. The number of rotatable bonds is 5. The van der Waals surface area contributed by atoms with Gasteiger partial charge in [-0.3, -0.25) is 19.3 Å². The van der Waals surface area contributed by atoms with Crippen LogP contribution < -0.4 is 5.32 Å². The van der Waals surface area contributed by atoms with Gasteiger partial charge in [0.1, 0.15) is 11.9 Å². The third kappa shape index (κ3) is 3.81. The third-order valence-corrected chi connectivity index (χ3v) is 5.04. The third-order valence-electron chi connectivity index (χ3n) is 5.04. The monoisotopic (exact) mass is 388 g/mol. The van der Waals surface area contributed by atoms with Crippen molar-refractivity contribution in [2.75, 3.05) is 5.32 Å². The highest BCUT2D eigenvalue weighted by Crippen LogP contribution is 2.36. The van der Waals surface area contributed by atoms with Crippen molar-refractivity contribution in [2.24, 2.45) is 11.8 Å². The first-order chi connectivity index (χ1) is 13.3. The van der Waals surface area contributed by atoms with Gasteiger partial charge in [-0.2, -0.15) is 0 Å². The second-order valence-electron chi connectivity index (χ2n) is 6.95. The van der Waals surface area contributed by atoms with E-state index in [1.807, 2.05) is 12.2 Å². The summed E-state index contributed by atoms with van der Waals surface area (Å²) in [5.74, 6) is -3.53. The molecule has 1 saturated heterocycles. The number of likely N-dealkylation sites (tertiary alicyclic amines) is 1. The summed E-state index contributed by atoms with van der Waals surface area (Å²) in [4.78, 5) is 50.6. The Labute approximate surface area is 161 Å². The number of nitrogens with zero attached hydrogens (tertiary/aromatic N) is 1. The number of amides is 3. The molecule has 1 fully saturated rings. The van der Waals surface area contributed by atoms with Gasteiger partial charge in [-0.1, -0.05) is 12.2 Å². The summed E-state index contributed by atoms with van der Waals surface area (Å²) in [5, 5.41) is 2.50. The SMILES string of the molecule is C[C@@H](OC(=O)[C@H](C)N1C(=O)[C@H]2CC=CC[C@@H]2C1=O)C(=O)Nc1ccc(F)cc1. The number of benzene rings is 1. The summed E-state index contributed by atoms with van der Waals surface area (Å²) < 4.78 is 18.1. The van der Waals surface area contributed by atoms with Gasteiger partial charge in [0, 0.05) is 5.69 Å². The number of hydrogen-bond donors (Lipinski definition) is 1. The normalized spacial score (nSPS) is 23.2. The molecule has 28 heavy (non-hydrogen) atoms. The maximum absolute atomic E-state index is 12.9. The lowest BCUT2D eigenvalue weighted by Gasteiger charge is -2.23. The van der Waals surface area contributed by atoms with E-state index < -0.39 is 41.7 Å². The van der Waals surface area contributed by atoms with E-state index in [-0.39, 0.29) is 11.8 Å². The predicted molar refractivity (Wildman–Crippen MR) is 97.3 cm³/mol. The van der Waals surface area contributed by atoms with Crippen LogP contribution in [0.4, 0.5) is 10.1 Å². The minimum atomic E-state index is -1.16. The highest BCUT2D eigenvalue weighted by Gasteiger charge is 2.50. The van der Waals surface area contributed by atoms with Crippen molar-refractivity contribution >= 4 is 29.4 Å². The molecule has 1 N–H and O–H groups in total. The van der Waals surface area contributed by atoms with Crippen LogP contribution in [0.15, 0.2) is 36.4 Å². The zero-order valence-corrected chi connectivity index (χ0v) is 15.6. The second kappa shape index (κ2) is 7.92. The van der Waals surface area contributed by atoms with Crippen molar-refractivity contribution in [3.8, 4) is 0 Å². The molecule has 0 bridgehead atoms. The zero-order valence-electron chi connectivity index (χ0n) is 15.6. The number of hydrogen-bond acceptors (Lipinski definition) is 5. The van der Waals surface area contributed by atoms with Crippen LogP contribution in [0, 0.1) is 17.7 Å². The molecule has 148 valence electrons. The van der Waals surface area contributed by atoms with Gasteiger partial charge in [0.25, 0.3) is 5.91 Å². The number of esters is 1. The molecule has 7 nitrogen and oxygen atoms in total. The van der Waals surface area contributed by atoms with Crippen LogP contribution in [0.3, 0.4) is 0 Å². The van der Waals surface area contributed by atoms with Crippen molar-refractivity contribution in [1.29, 1.82) is 0 Å². The first-order valence-electron chi connectivity index (χ1n) is 9.08. The Morgan fingerprint density at radius 1 is 1.07 bits per heavy atom. The summed E-state index contributed by atoms with van der Waals surface area (Å²) in [6.07, 6.45) is 3.52. The predicted octanol–water partition coefficient (Wildman–Crippen LogP) is 2.04. The van der Waals surface area contributed by atoms with Crippen LogP contribution in [-0.2, 0) is 23.9 Å². The largest absolute Gasteiger partial charge is 0.451 e. The lowest BCUT2D eigenvalue weighted by atomic mass is 9.85. The Morgan fingerprint density at radius 3 is 2.14 bits per heavy atom. The smallest absolute Gasteiger partial charge is 0.329 e. The van der Waals surface area contributed by atoms with Crippen LogP contribution in [-0.4, -0.2) is 40.7 Å². The number of imide groups is 1. The van der Waals surface area contributed by atoms with Gasteiger partial charge in [-0.05, 0) is 51.0 Å². The summed E-state index contributed by atoms with van der Waals surface area (Å²) in [6.45, 7) is 2.79. The van der Waals surface area contributed by atoms with Gasteiger partial charge in [0.05, 0.1) is 11.8 Å².